The lowest BCUT2D eigenvalue weighted by molar-refractivity contribution is -0.0387. The van der Waals surface area contributed by atoms with Crippen LogP contribution in [-0.4, -0.2) is 38.7 Å². The SMILES string of the molecule is Cl.O=S(=O)(NC1CCC(F)(F)CC1)C1CCNC1. The summed E-state index contributed by atoms with van der Waals surface area (Å²) in [4.78, 5) is 0. The number of hydrogen-bond donors (Lipinski definition) is 2. The average molecular weight is 305 g/mol. The van der Waals surface area contributed by atoms with Crippen molar-refractivity contribution >= 4 is 22.4 Å². The Balaban J connectivity index is 0.00000162. The highest BCUT2D eigenvalue weighted by molar-refractivity contribution is 7.90. The molecule has 0 aromatic heterocycles. The molecule has 1 heterocycles. The van der Waals surface area contributed by atoms with Gasteiger partial charge in [0.2, 0.25) is 15.9 Å². The van der Waals surface area contributed by atoms with Crippen LogP contribution in [0.25, 0.3) is 0 Å². The topological polar surface area (TPSA) is 58.2 Å². The quantitative estimate of drug-likeness (QED) is 0.825. The van der Waals surface area contributed by atoms with Gasteiger partial charge in [-0.25, -0.2) is 21.9 Å². The van der Waals surface area contributed by atoms with Crippen LogP contribution < -0.4 is 10.0 Å². The zero-order valence-corrected chi connectivity index (χ0v) is 11.6. The largest absolute Gasteiger partial charge is 0.315 e. The van der Waals surface area contributed by atoms with Crippen LogP contribution in [0.3, 0.4) is 0 Å². The molecule has 2 aliphatic rings. The predicted octanol–water partition coefficient (Wildman–Crippen LogP) is 1.27. The van der Waals surface area contributed by atoms with Gasteiger partial charge in [0.1, 0.15) is 0 Å². The molecule has 1 saturated heterocycles. The summed E-state index contributed by atoms with van der Waals surface area (Å²) in [6, 6.07) is -0.319. The molecule has 0 bridgehead atoms. The second-order valence-corrected chi connectivity index (χ2v) is 6.90. The van der Waals surface area contributed by atoms with E-state index in [2.05, 4.69) is 10.0 Å². The van der Waals surface area contributed by atoms with Crippen LogP contribution in [0.1, 0.15) is 32.1 Å². The van der Waals surface area contributed by atoms with Gasteiger partial charge in [-0.3, -0.25) is 0 Å². The third kappa shape index (κ3) is 4.01. The van der Waals surface area contributed by atoms with Gasteiger partial charge in [0.25, 0.3) is 0 Å². The minimum atomic E-state index is -3.35. The van der Waals surface area contributed by atoms with Gasteiger partial charge in [-0.2, -0.15) is 0 Å². The van der Waals surface area contributed by atoms with E-state index in [1.165, 1.54) is 0 Å². The summed E-state index contributed by atoms with van der Waals surface area (Å²) in [5.74, 6) is -2.61. The molecule has 108 valence electrons. The first kappa shape index (κ1) is 16.1. The Bertz CT molecular complexity index is 362. The second-order valence-electron chi connectivity index (χ2n) is 4.91. The van der Waals surface area contributed by atoms with Gasteiger partial charge in [-0.05, 0) is 25.8 Å². The molecule has 1 aliphatic carbocycles. The summed E-state index contributed by atoms with van der Waals surface area (Å²) < 4.78 is 52.3. The Hall–Kier alpha value is 0.0200. The summed E-state index contributed by atoms with van der Waals surface area (Å²) in [6.07, 6.45) is 0.614. The van der Waals surface area contributed by atoms with Crippen molar-refractivity contribution in [1.82, 2.24) is 10.0 Å². The smallest absolute Gasteiger partial charge is 0.248 e. The van der Waals surface area contributed by atoms with Gasteiger partial charge < -0.3 is 5.32 Å². The molecule has 2 N–H and O–H groups in total. The molecule has 1 unspecified atom stereocenters. The maximum Gasteiger partial charge on any atom is 0.248 e. The first-order valence-electron chi connectivity index (χ1n) is 5.99. The molecular formula is C10H19ClF2N2O2S. The first-order chi connectivity index (χ1) is 7.89. The monoisotopic (exact) mass is 304 g/mol. The van der Waals surface area contributed by atoms with Crippen LogP contribution >= 0.6 is 12.4 Å². The zero-order chi connectivity index (χ0) is 12.5. The molecule has 4 nitrogen and oxygen atoms in total. The van der Waals surface area contributed by atoms with Crippen molar-refractivity contribution in [2.24, 2.45) is 0 Å². The van der Waals surface area contributed by atoms with Crippen molar-refractivity contribution in [3.8, 4) is 0 Å². The Kier molecular flexibility index (Phi) is 5.34. The van der Waals surface area contributed by atoms with Crippen LogP contribution in [0.2, 0.25) is 0 Å². The first-order valence-corrected chi connectivity index (χ1v) is 7.53. The van der Waals surface area contributed by atoms with Gasteiger partial charge in [0.15, 0.2) is 0 Å². The molecule has 0 aromatic carbocycles. The van der Waals surface area contributed by atoms with E-state index in [4.69, 9.17) is 0 Å². The molecule has 0 spiro atoms. The van der Waals surface area contributed by atoms with E-state index < -0.39 is 21.2 Å². The molecule has 1 aliphatic heterocycles. The van der Waals surface area contributed by atoms with Crippen LogP contribution in [0.15, 0.2) is 0 Å². The van der Waals surface area contributed by atoms with Gasteiger partial charge in [-0.1, -0.05) is 0 Å². The maximum atomic E-state index is 12.9. The molecule has 2 rings (SSSR count). The fraction of sp³-hybridized carbons (Fsp3) is 1.00. The van der Waals surface area contributed by atoms with E-state index in [0.29, 0.717) is 19.5 Å². The number of hydrogen-bond acceptors (Lipinski definition) is 3. The summed E-state index contributed by atoms with van der Waals surface area (Å²) in [7, 11) is -3.35. The number of sulfonamides is 1. The van der Waals surface area contributed by atoms with Crippen molar-refractivity contribution in [3.63, 3.8) is 0 Å². The van der Waals surface area contributed by atoms with Gasteiger partial charge in [0.05, 0.1) is 5.25 Å². The van der Waals surface area contributed by atoms with Crippen molar-refractivity contribution in [3.05, 3.63) is 0 Å². The summed E-state index contributed by atoms with van der Waals surface area (Å²) in [6.45, 7) is 1.16. The number of alkyl halides is 2. The molecule has 0 aromatic rings. The average Bonchev–Trinajstić information content (AvgIpc) is 2.75. The Morgan fingerprint density at radius 1 is 1.17 bits per heavy atom. The third-order valence-electron chi connectivity index (χ3n) is 3.50. The van der Waals surface area contributed by atoms with E-state index in [0.717, 1.165) is 0 Å². The lowest BCUT2D eigenvalue weighted by Crippen LogP contribution is -2.44. The van der Waals surface area contributed by atoms with E-state index >= 15 is 0 Å². The summed E-state index contributed by atoms with van der Waals surface area (Å²) >= 11 is 0. The Labute approximate surface area is 112 Å². The van der Waals surface area contributed by atoms with Crippen LogP contribution in [-0.2, 0) is 10.0 Å². The fourth-order valence-electron chi connectivity index (χ4n) is 2.38. The molecule has 2 fully saturated rings. The van der Waals surface area contributed by atoms with Crippen LogP contribution in [0.5, 0.6) is 0 Å². The fourth-order valence-corrected chi connectivity index (χ4v) is 4.04. The highest BCUT2D eigenvalue weighted by Gasteiger charge is 2.37. The van der Waals surface area contributed by atoms with E-state index in [9.17, 15) is 17.2 Å². The predicted molar refractivity (Wildman–Crippen MR) is 67.8 cm³/mol. The lowest BCUT2D eigenvalue weighted by Gasteiger charge is -2.29. The molecule has 18 heavy (non-hydrogen) atoms. The second kappa shape index (κ2) is 5.98. The number of rotatable bonds is 3. The van der Waals surface area contributed by atoms with Crippen LogP contribution in [0.4, 0.5) is 8.78 Å². The summed E-state index contributed by atoms with van der Waals surface area (Å²) in [5.41, 5.74) is 0. The molecule has 8 heteroatoms. The van der Waals surface area contributed by atoms with Crippen molar-refractivity contribution in [1.29, 1.82) is 0 Å². The van der Waals surface area contributed by atoms with Gasteiger partial charge in [-0.15, -0.1) is 12.4 Å². The molecular weight excluding hydrogens is 286 g/mol. The van der Waals surface area contributed by atoms with E-state index in [-0.39, 0.29) is 44.1 Å². The normalized spacial score (nSPS) is 28.9. The molecule has 1 saturated carbocycles. The van der Waals surface area contributed by atoms with E-state index in [1.807, 2.05) is 0 Å². The van der Waals surface area contributed by atoms with Gasteiger partial charge in [0, 0.05) is 25.4 Å². The van der Waals surface area contributed by atoms with Crippen LogP contribution in [0, 0.1) is 0 Å². The highest BCUT2D eigenvalue weighted by atomic mass is 35.5. The van der Waals surface area contributed by atoms with E-state index in [1.54, 1.807) is 0 Å². The Morgan fingerprint density at radius 3 is 2.28 bits per heavy atom. The summed E-state index contributed by atoms with van der Waals surface area (Å²) in [5, 5.41) is 2.58. The van der Waals surface area contributed by atoms with Crippen molar-refractivity contribution in [2.45, 2.75) is 49.3 Å². The lowest BCUT2D eigenvalue weighted by atomic mass is 9.93. The maximum absolute atomic E-state index is 12.9. The molecule has 0 amide bonds. The molecule has 1 atom stereocenters. The van der Waals surface area contributed by atoms with Gasteiger partial charge >= 0.3 is 0 Å². The zero-order valence-electron chi connectivity index (χ0n) is 9.99. The minimum absolute atomic E-state index is 0. The Morgan fingerprint density at radius 2 is 1.78 bits per heavy atom. The standard InChI is InChI=1S/C10H18F2N2O2S.ClH/c11-10(12)4-1-8(2-5-10)14-17(15,16)9-3-6-13-7-9;/h8-9,13-14H,1-7H2;1H. The molecule has 0 radical (unpaired) electrons. The minimum Gasteiger partial charge on any atom is -0.315 e. The number of nitrogens with one attached hydrogen (secondary N) is 2. The highest BCUT2D eigenvalue weighted by Crippen LogP contribution is 2.33. The third-order valence-corrected chi connectivity index (χ3v) is 5.44. The van der Waals surface area contributed by atoms with Crippen molar-refractivity contribution < 1.29 is 17.2 Å². The van der Waals surface area contributed by atoms with Crippen molar-refractivity contribution in [2.75, 3.05) is 13.1 Å². The number of halogens is 3.